The normalized spacial score (nSPS) is 19.0. The SMILES string of the molecule is O=C1CCCC=CC=CN1. The topological polar surface area (TPSA) is 29.1 Å². The molecule has 1 aliphatic heterocycles. The third-order valence-electron chi connectivity index (χ3n) is 1.36. The molecular formula is C8H11NO. The number of rotatable bonds is 0. The quantitative estimate of drug-likeness (QED) is 0.536. The minimum atomic E-state index is 0.111. The third-order valence-corrected chi connectivity index (χ3v) is 1.36. The Labute approximate surface area is 60.6 Å². The molecule has 1 N–H and O–H groups in total. The van der Waals surface area contributed by atoms with E-state index in [2.05, 4.69) is 11.4 Å². The Balaban J connectivity index is 2.44. The lowest BCUT2D eigenvalue weighted by atomic mass is 10.2. The first-order valence-electron chi connectivity index (χ1n) is 3.50. The first-order valence-corrected chi connectivity index (χ1v) is 3.50. The van der Waals surface area contributed by atoms with Crippen molar-refractivity contribution in [3.05, 3.63) is 24.4 Å². The Kier molecular flexibility index (Phi) is 2.74. The number of nitrogens with one attached hydrogen (secondary N) is 1. The third kappa shape index (κ3) is 2.49. The van der Waals surface area contributed by atoms with E-state index in [0.717, 1.165) is 12.8 Å². The molecule has 0 unspecified atom stereocenters. The maximum Gasteiger partial charge on any atom is 0.223 e. The van der Waals surface area contributed by atoms with Crippen LogP contribution in [-0.2, 0) is 4.79 Å². The maximum atomic E-state index is 10.8. The summed E-state index contributed by atoms with van der Waals surface area (Å²) in [5.41, 5.74) is 0. The lowest BCUT2D eigenvalue weighted by Gasteiger charge is -1.94. The number of allylic oxidation sites excluding steroid dienone is 3. The van der Waals surface area contributed by atoms with Crippen molar-refractivity contribution in [2.24, 2.45) is 0 Å². The number of carbonyl (C=O) groups excluding carboxylic acids is 1. The van der Waals surface area contributed by atoms with Gasteiger partial charge in [-0.1, -0.05) is 12.2 Å². The van der Waals surface area contributed by atoms with Gasteiger partial charge >= 0.3 is 0 Å². The first kappa shape index (κ1) is 7.06. The molecule has 0 bridgehead atoms. The van der Waals surface area contributed by atoms with Gasteiger partial charge in [0.25, 0.3) is 0 Å². The predicted octanol–water partition coefficient (Wildman–Crippen LogP) is 1.36. The van der Waals surface area contributed by atoms with Crippen LogP contribution in [-0.4, -0.2) is 5.91 Å². The van der Waals surface area contributed by atoms with Gasteiger partial charge in [0.05, 0.1) is 0 Å². The van der Waals surface area contributed by atoms with Gasteiger partial charge in [-0.2, -0.15) is 0 Å². The monoisotopic (exact) mass is 137 g/mol. The molecule has 1 rings (SSSR count). The molecule has 0 aromatic carbocycles. The number of hydrogen-bond acceptors (Lipinski definition) is 1. The molecule has 1 aliphatic rings. The highest BCUT2D eigenvalue weighted by atomic mass is 16.1. The van der Waals surface area contributed by atoms with E-state index in [1.54, 1.807) is 6.20 Å². The summed E-state index contributed by atoms with van der Waals surface area (Å²) in [4.78, 5) is 10.8. The Hall–Kier alpha value is -1.05. The Bertz CT molecular complexity index is 170. The van der Waals surface area contributed by atoms with Crippen LogP contribution in [0.2, 0.25) is 0 Å². The van der Waals surface area contributed by atoms with E-state index >= 15 is 0 Å². The lowest BCUT2D eigenvalue weighted by molar-refractivity contribution is -0.120. The fourth-order valence-electron chi connectivity index (χ4n) is 0.824. The number of carbonyl (C=O) groups is 1. The van der Waals surface area contributed by atoms with Gasteiger partial charge in [0.15, 0.2) is 0 Å². The summed E-state index contributed by atoms with van der Waals surface area (Å²) in [6, 6.07) is 0. The molecule has 0 fully saturated rings. The zero-order valence-corrected chi connectivity index (χ0v) is 5.84. The van der Waals surface area contributed by atoms with Crippen molar-refractivity contribution in [1.29, 1.82) is 0 Å². The van der Waals surface area contributed by atoms with Crippen LogP contribution in [0.25, 0.3) is 0 Å². The molecule has 0 aliphatic carbocycles. The van der Waals surface area contributed by atoms with Crippen molar-refractivity contribution < 1.29 is 4.79 Å². The second-order valence-electron chi connectivity index (χ2n) is 2.25. The summed E-state index contributed by atoms with van der Waals surface area (Å²) in [5, 5.41) is 2.65. The second kappa shape index (κ2) is 3.88. The first-order chi connectivity index (χ1) is 4.89. The average Bonchev–Trinajstić information content (AvgIpc) is 2.02. The summed E-state index contributed by atoms with van der Waals surface area (Å²) < 4.78 is 0. The standard InChI is InChI=1S/C8H11NO/c10-8-6-4-2-1-3-5-7-9-8/h1,3,5,7H,2,4,6H2,(H,9,10). The van der Waals surface area contributed by atoms with E-state index in [0.29, 0.717) is 6.42 Å². The van der Waals surface area contributed by atoms with Crippen molar-refractivity contribution in [2.45, 2.75) is 19.3 Å². The molecule has 0 spiro atoms. The van der Waals surface area contributed by atoms with Crippen LogP contribution in [0, 0.1) is 0 Å². The zero-order chi connectivity index (χ0) is 7.23. The van der Waals surface area contributed by atoms with Crippen LogP contribution in [0.15, 0.2) is 24.4 Å². The fraction of sp³-hybridized carbons (Fsp3) is 0.375. The van der Waals surface area contributed by atoms with Gasteiger partial charge in [-0.3, -0.25) is 4.79 Å². The molecule has 0 radical (unpaired) electrons. The minimum absolute atomic E-state index is 0.111. The van der Waals surface area contributed by atoms with Crippen LogP contribution in [0.3, 0.4) is 0 Å². The van der Waals surface area contributed by atoms with Gasteiger partial charge in [0.2, 0.25) is 5.91 Å². The van der Waals surface area contributed by atoms with E-state index in [4.69, 9.17) is 0 Å². The van der Waals surface area contributed by atoms with Crippen molar-refractivity contribution in [3.63, 3.8) is 0 Å². The highest BCUT2D eigenvalue weighted by molar-refractivity contribution is 5.76. The molecule has 54 valence electrons. The molecule has 0 atom stereocenters. The van der Waals surface area contributed by atoms with Crippen molar-refractivity contribution in [1.82, 2.24) is 5.32 Å². The minimum Gasteiger partial charge on any atom is -0.333 e. The molecule has 0 aromatic rings. The van der Waals surface area contributed by atoms with Gasteiger partial charge in [0, 0.05) is 12.6 Å². The van der Waals surface area contributed by atoms with Crippen molar-refractivity contribution in [2.75, 3.05) is 0 Å². The molecule has 0 saturated heterocycles. The van der Waals surface area contributed by atoms with Crippen LogP contribution in [0.5, 0.6) is 0 Å². The highest BCUT2D eigenvalue weighted by Crippen LogP contribution is 1.98. The summed E-state index contributed by atoms with van der Waals surface area (Å²) in [6.45, 7) is 0. The average molecular weight is 137 g/mol. The molecule has 0 aromatic heterocycles. The summed E-state index contributed by atoms with van der Waals surface area (Å²) in [7, 11) is 0. The molecule has 0 saturated carbocycles. The summed E-state index contributed by atoms with van der Waals surface area (Å²) in [5.74, 6) is 0.111. The predicted molar refractivity (Wildman–Crippen MR) is 40.3 cm³/mol. The van der Waals surface area contributed by atoms with Crippen molar-refractivity contribution in [3.8, 4) is 0 Å². The van der Waals surface area contributed by atoms with Crippen LogP contribution < -0.4 is 5.32 Å². The highest BCUT2D eigenvalue weighted by Gasteiger charge is 1.96. The maximum absolute atomic E-state index is 10.8. The van der Waals surface area contributed by atoms with E-state index in [1.807, 2.05) is 12.2 Å². The summed E-state index contributed by atoms with van der Waals surface area (Å²) in [6.07, 6.45) is 10.1. The van der Waals surface area contributed by atoms with E-state index in [9.17, 15) is 4.79 Å². The van der Waals surface area contributed by atoms with Gasteiger partial charge in [-0.15, -0.1) is 0 Å². The van der Waals surface area contributed by atoms with Gasteiger partial charge in [-0.25, -0.2) is 0 Å². The van der Waals surface area contributed by atoms with Gasteiger partial charge < -0.3 is 5.32 Å². The fourth-order valence-corrected chi connectivity index (χ4v) is 0.824. The van der Waals surface area contributed by atoms with E-state index in [-0.39, 0.29) is 5.91 Å². The molecule has 1 amide bonds. The van der Waals surface area contributed by atoms with E-state index in [1.165, 1.54) is 0 Å². The number of hydrogen-bond donors (Lipinski definition) is 1. The van der Waals surface area contributed by atoms with Crippen molar-refractivity contribution >= 4 is 5.91 Å². The van der Waals surface area contributed by atoms with E-state index < -0.39 is 0 Å². The second-order valence-corrected chi connectivity index (χ2v) is 2.25. The smallest absolute Gasteiger partial charge is 0.223 e. The number of amides is 1. The Morgan fingerprint density at radius 2 is 2.30 bits per heavy atom. The Morgan fingerprint density at radius 3 is 3.20 bits per heavy atom. The van der Waals surface area contributed by atoms with Gasteiger partial charge in [-0.05, 0) is 18.9 Å². The molecule has 2 heteroatoms. The Morgan fingerprint density at radius 1 is 1.40 bits per heavy atom. The molecular weight excluding hydrogens is 126 g/mol. The molecule has 2 nitrogen and oxygen atoms in total. The van der Waals surface area contributed by atoms with Crippen LogP contribution in [0.4, 0.5) is 0 Å². The summed E-state index contributed by atoms with van der Waals surface area (Å²) >= 11 is 0. The molecule has 10 heavy (non-hydrogen) atoms. The molecule has 1 heterocycles. The van der Waals surface area contributed by atoms with Crippen LogP contribution in [0.1, 0.15) is 19.3 Å². The van der Waals surface area contributed by atoms with Gasteiger partial charge in [0.1, 0.15) is 0 Å². The lowest BCUT2D eigenvalue weighted by Crippen LogP contribution is -2.15. The zero-order valence-electron chi connectivity index (χ0n) is 5.84. The van der Waals surface area contributed by atoms with Crippen LogP contribution >= 0.6 is 0 Å². The largest absolute Gasteiger partial charge is 0.333 e.